The molecule has 0 fully saturated rings. The second-order valence-corrected chi connectivity index (χ2v) is 13.2. The van der Waals surface area contributed by atoms with Crippen LogP contribution in [0.15, 0.2) is 11.1 Å². The van der Waals surface area contributed by atoms with Crippen molar-refractivity contribution >= 4 is 28.0 Å². The minimum Gasteiger partial charge on any atom is -0.166 e. The minimum atomic E-state index is 0.143. The van der Waals surface area contributed by atoms with E-state index in [9.17, 15) is 0 Å². The molecule has 0 aromatic heterocycles. The van der Waals surface area contributed by atoms with Crippen molar-refractivity contribution in [2.45, 2.75) is 97.5 Å². The Kier molecular flexibility index (Phi) is 4.97. The third-order valence-corrected chi connectivity index (χ3v) is 12.2. The van der Waals surface area contributed by atoms with Crippen molar-refractivity contribution < 1.29 is 0 Å². The molecule has 0 radical (unpaired) electrons. The fourth-order valence-corrected chi connectivity index (χ4v) is 10.8. The molecule has 0 N–H and O–H groups in total. The van der Waals surface area contributed by atoms with Gasteiger partial charge in [-0.2, -0.15) is 10.5 Å². The lowest BCUT2D eigenvalue weighted by Gasteiger charge is -2.31. The molecule has 1 heteroatoms. The molecule has 0 saturated carbocycles. The summed E-state index contributed by atoms with van der Waals surface area (Å²) in [4.78, 5) is 0. The Bertz CT molecular complexity index is 1230. The summed E-state index contributed by atoms with van der Waals surface area (Å²) in [7, 11) is 0.143. The molecule has 4 aliphatic rings. The van der Waals surface area contributed by atoms with E-state index in [0.29, 0.717) is 10.5 Å². The van der Waals surface area contributed by atoms with Crippen LogP contribution >= 0.6 is 10.5 Å². The molecule has 0 amide bonds. The van der Waals surface area contributed by atoms with Crippen LogP contribution in [0.2, 0.25) is 0 Å². The van der Waals surface area contributed by atoms with E-state index in [4.69, 9.17) is 0 Å². The fourth-order valence-electron chi connectivity index (χ4n) is 7.82. The summed E-state index contributed by atoms with van der Waals surface area (Å²) < 4.78 is 0. The smallest absolute Gasteiger partial charge is 0.0472 e. The first-order chi connectivity index (χ1) is 15.8. The van der Waals surface area contributed by atoms with E-state index in [-0.39, 0.29) is 10.5 Å². The molecular weight excluding hydrogens is 416 g/mol. The van der Waals surface area contributed by atoms with E-state index in [2.05, 4.69) is 66.0 Å². The van der Waals surface area contributed by atoms with E-state index in [0.717, 1.165) is 0 Å². The molecule has 0 nitrogen and oxygen atoms in total. The topological polar surface area (TPSA) is 0 Å². The molecule has 0 bridgehead atoms. The van der Waals surface area contributed by atoms with E-state index < -0.39 is 0 Å². The normalized spacial score (nSPS) is 23.1. The quantitative estimate of drug-likeness (QED) is 0.398. The zero-order valence-electron chi connectivity index (χ0n) is 21.5. The first-order valence-corrected chi connectivity index (χ1v) is 14.4. The zero-order valence-corrected chi connectivity index (χ0v) is 22.4. The maximum atomic E-state index is 2.58. The van der Waals surface area contributed by atoms with Crippen molar-refractivity contribution in [2.75, 3.05) is 0 Å². The predicted molar refractivity (Wildman–Crippen MR) is 148 cm³/mol. The molecular formula is C32H38S. The van der Waals surface area contributed by atoms with Crippen molar-refractivity contribution in [3.05, 3.63) is 77.9 Å². The first-order valence-electron chi connectivity index (χ1n) is 13.0. The summed E-state index contributed by atoms with van der Waals surface area (Å²) in [5.41, 5.74) is 22.7. The van der Waals surface area contributed by atoms with Gasteiger partial charge in [-0.1, -0.05) is 28.7 Å². The van der Waals surface area contributed by atoms with Crippen molar-refractivity contribution in [2.24, 2.45) is 0 Å². The monoisotopic (exact) mass is 454 g/mol. The lowest BCUT2D eigenvalue weighted by atomic mass is 9.90. The number of hydrogen-bond acceptors (Lipinski definition) is 0. The Morgan fingerprint density at radius 2 is 0.970 bits per heavy atom. The number of rotatable bonds is 2. The summed E-state index contributed by atoms with van der Waals surface area (Å²) >= 11 is 0. The molecule has 4 aliphatic carbocycles. The lowest BCUT2D eigenvalue weighted by Crippen LogP contribution is -2.10. The SMILES string of the molecule is CC=S(C1C(C)=Cc2c(C)c3c(c(C)c21)CCC3)C1C(C)=Cc2c(C)c3c(c(C)c21)CCC3. The highest BCUT2D eigenvalue weighted by atomic mass is 32.2. The maximum Gasteiger partial charge on any atom is 0.0472 e. The van der Waals surface area contributed by atoms with Crippen LogP contribution < -0.4 is 0 Å². The van der Waals surface area contributed by atoms with Gasteiger partial charge in [0.05, 0.1) is 0 Å². The minimum absolute atomic E-state index is 0.143. The largest absolute Gasteiger partial charge is 0.166 e. The van der Waals surface area contributed by atoms with Crippen LogP contribution in [0.3, 0.4) is 0 Å². The van der Waals surface area contributed by atoms with Gasteiger partial charge in [0.15, 0.2) is 0 Å². The van der Waals surface area contributed by atoms with Crippen LogP contribution in [0.4, 0.5) is 0 Å². The van der Waals surface area contributed by atoms with Gasteiger partial charge >= 0.3 is 0 Å². The molecule has 0 spiro atoms. The fraction of sp³-hybridized carbons (Fsp3) is 0.469. The Labute approximate surface area is 203 Å². The first kappa shape index (κ1) is 21.7. The highest BCUT2D eigenvalue weighted by Gasteiger charge is 2.38. The third-order valence-electron chi connectivity index (χ3n) is 9.35. The van der Waals surface area contributed by atoms with E-state index in [1.807, 2.05) is 0 Å². The standard InChI is InChI=1S/C32H38S/c1-8-33(31-17(2)15-27-19(4)23-11-9-13-25(23)21(6)29(27)31)32-18(3)16-28-20(5)24-12-10-14-26(24)22(7)30(28)32/h8,15-16,31-32H,9-14H2,1-7H3. The van der Waals surface area contributed by atoms with Crippen molar-refractivity contribution in [3.8, 4) is 0 Å². The van der Waals surface area contributed by atoms with Crippen LogP contribution in [-0.4, -0.2) is 5.37 Å². The van der Waals surface area contributed by atoms with E-state index >= 15 is 0 Å². The van der Waals surface area contributed by atoms with Crippen molar-refractivity contribution in [3.63, 3.8) is 0 Å². The van der Waals surface area contributed by atoms with E-state index in [1.54, 1.807) is 77.9 Å². The van der Waals surface area contributed by atoms with Crippen LogP contribution in [0.25, 0.3) is 12.2 Å². The molecule has 0 heterocycles. The summed E-state index contributed by atoms with van der Waals surface area (Å²) in [6, 6.07) is 0. The summed E-state index contributed by atoms with van der Waals surface area (Å²) in [5.74, 6) is 0. The Morgan fingerprint density at radius 3 is 1.33 bits per heavy atom. The Morgan fingerprint density at radius 1 is 0.606 bits per heavy atom. The van der Waals surface area contributed by atoms with Gasteiger partial charge in [0.1, 0.15) is 0 Å². The van der Waals surface area contributed by atoms with Crippen LogP contribution in [0.1, 0.15) is 111 Å². The maximum absolute atomic E-state index is 2.58. The molecule has 33 heavy (non-hydrogen) atoms. The molecule has 6 rings (SSSR count). The zero-order chi connectivity index (χ0) is 23.2. The van der Waals surface area contributed by atoms with Gasteiger partial charge in [0.25, 0.3) is 0 Å². The average Bonchev–Trinajstić information content (AvgIpc) is 3.57. The van der Waals surface area contributed by atoms with Gasteiger partial charge < -0.3 is 0 Å². The summed E-state index contributed by atoms with van der Waals surface area (Å²) in [6.07, 6.45) is 12.9. The van der Waals surface area contributed by atoms with Crippen molar-refractivity contribution in [1.82, 2.24) is 0 Å². The molecule has 0 aliphatic heterocycles. The number of fused-ring (bicyclic) bond motifs is 4. The number of hydrogen-bond donors (Lipinski definition) is 0. The van der Waals surface area contributed by atoms with E-state index in [1.165, 1.54) is 38.5 Å². The van der Waals surface area contributed by atoms with Gasteiger partial charge in [-0.15, -0.1) is 0 Å². The second kappa shape index (κ2) is 7.57. The highest BCUT2D eigenvalue weighted by molar-refractivity contribution is 8.15. The second-order valence-electron chi connectivity index (χ2n) is 11.0. The van der Waals surface area contributed by atoms with Gasteiger partial charge in [0.2, 0.25) is 0 Å². The molecule has 2 atom stereocenters. The highest BCUT2D eigenvalue weighted by Crippen LogP contribution is 2.61. The van der Waals surface area contributed by atoms with Gasteiger partial charge in [0, 0.05) is 10.5 Å². The predicted octanol–water partition coefficient (Wildman–Crippen LogP) is 8.60. The third kappa shape index (κ3) is 2.81. The van der Waals surface area contributed by atoms with Crippen LogP contribution in [0.5, 0.6) is 0 Å². The number of benzene rings is 2. The van der Waals surface area contributed by atoms with Crippen molar-refractivity contribution in [1.29, 1.82) is 0 Å². The average molecular weight is 455 g/mol. The molecule has 2 aromatic carbocycles. The molecule has 0 saturated heterocycles. The molecule has 172 valence electrons. The summed E-state index contributed by atoms with van der Waals surface area (Å²) in [5, 5.41) is 3.64. The Hall–Kier alpha value is -1.86. The van der Waals surface area contributed by atoms with Gasteiger partial charge in [-0.3, -0.25) is 0 Å². The molecule has 2 unspecified atom stereocenters. The Balaban J connectivity index is 1.55. The van der Waals surface area contributed by atoms with Gasteiger partial charge in [-0.25, -0.2) is 0 Å². The lowest BCUT2D eigenvalue weighted by molar-refractivity contribution is 0.906. The molecule has 2 aromatic rings. The summed E-state index contributed by atoms with van der Waals surface area (Å²) in [6.45, 7) is 16.8. The van der Waals surface area contributed by atoms with Crippen LogP contribution in [-0.2, 0) is 25.7 Å². The van der Waals surface area contributed by atoms with Gasteiger partial charge in [-0.05, 0) is 154 Å². The van der Waals surface area contributed by atoms with Crippen LogP contribution in [0, 0.1) is 27.7 Å².